The molecule has 1 N–H and O–H groups in total. The van der Waals surface area contributed by atoms with Crippen LogP contribution in [0.3, 0.4) is 0 Å². The smallest absolute Gasteiger partial charge is 0.151 e. The van der Waals surface area contributed by atoms with E-state index in [1.165, 1.54) is 25.7 Å². The summed E-state index contributed by atoms with van der Waals surface area (Å²) in [4.78, 5) is 0. The summed E-state index contributed by atoms with van der Waals surface area (Å²) < 4.78 is 0. The van der Waals surface area contributed by atoms with Crippen molar-refractivity contribution in [2.24, 2.45) is 0 Å². The van der Waals surface area contributed by atoms with E-state index in [0.29, 0.717) is 5.15 Å². The summed E-state index contributed by atoms with van der Waals surface area (Å²) >= 11 is 5.66. The van der Waals surface area contributed by atoms with Crippen LogP contribution in [0.2, 0.25) is 5.15 Å². The van der Waals surface area contributed by atoms with Crippen molar-refractivity contribution in [1.82, 2.24) is 10.2 Å². The fourth-order valence-electron chi connectivity index (χ4n) is 1.97. The van der Waals surface area contributed by atoms with Gasteiger partial charge < -0.3 is 5.32 Å². The van der Waals surface area contributed by atoms with Crippen LogP contribution in [0.1, 0.15) is 32.6 Å². The number of halogens is 1. The molecule has 0 amide bonds. The molecule has 1 fully saturated rings. The molecule has 14 heavy (non-hydrogen) atoms. The van der Waals surface area contributed by atoms with E-state index < -0.39 is 0 Å². The van der Waals surface area contributed by atoms with Crippen LogP contribution >= 0.6 is 11.6 Å². The third-order valence-electron chi connectivity index (χ3n) is 2.77. The van der Waals surface area contributed by atoms with Gasteiger partial charge in [0.2, 0.25) is 0 Å². The van der Waals surface area contributed by atoms with Gasteiger partial charge in [-0.05, 0) is 31.9 Å². The summed E-state index contributed by atoms with van der Waals surface area (Å²) in [5.74, 6) is 0.818. The maximum Gasteiger partial charge on any atom is 0.151 e. The molecule has 0 unspecified atom stereocenters. The quantitative estimate of drug-likeness (QED) is 0.818. The Bertz CT molecular complexity index is 304. The minimum atomic E-state index is 0.197. The SMILES string of the molecule is CC1(Nc2ccc(Cl)nn2)CCCC1. The second kappa shape index (κ2) is 3.73. The van der Waals surface area contributed by atoms with E-state index in [1.54, 1.807) is 6.07 Å². The number of hydrogen-bond donors (Lipinski definition) is 1. The Hall–Kier alpha value is -0.830. The maximum absolute atomic E-state index is 5.66. The highest BCUT2D eigenvalue weighted by Crippen LogP contribution is 2.31. The monoisotopic (exact) mass is 211 g/mol. The normalized spacial score (nSPS) is 19.6. The van der Waals surface area contributed by atoms with Gasteiger partial charge in [0, 0.05) is 5.54 Å². The lowest BCUT2D eigenvalue weighted by Crippen LogP contribution is -2.31. The Balaban J connectivity index is 2.06. The van der Waals surface area contributed by atoms with E-state index in [4.69, 9.17) is 11.6 Å². The van der Waals surface area contributed by atoms with E-state index >= 15 is 0 Å². The standard InChI is InChI=1S/C10H14ClN3/c1-10(6-2-3-7-10)12-9-5-4-8(11)13-14-9/h4-5H,2-3,6-7H2,1H3,(H,12,14). The lowest BCUT2D eigenvalue weighted by Gasteiger charge is -2.25. The molecule has 0 aliphatic heterocycles. The first-order valence-electron chi connectivity index (χ1n) is 4.95. The molecule has 1 heterocycles. The third kappa shape index (κ3) is 2.15. The lowest BCUT2D eigenvalue weighted by molar-refractivity contribution is 0.530. The molecule has 0 saturated heterocycles. The van der Waals surface area contributed by atoms with Crippen molar-refractivity contribution in [3.63, 3.8) is 0 Å². The Kier molecular flexibility index (Phi) is 2.59. The molecule has 2 rings (SSSR count). The summed E-state index contributed by atoms with van der Waals surface area (Å²) in [5.41, 5.74) is 0.197. The minimum Gasteiger partial charge on any atom is -0.363 e. The molecule has 1 aromatic heterocycles. The number of anilines is 1. The molecule has 0 bridgehead atoms. The molecular formula is C10H14ClN3. The topological polar surface area (TPSA) is 37.8 Å². The van der Waals surface area contributed by atoms with E-state index in [1.807, 2.05) is 6.07 Å². The molecule has 1 aliphatic carbocycles. The van der Waals surface area contributed by atoms with Crippen LogP contribution in [0.4, 0.5) is 5.82 Å². The van der Waals surface area contributed by atoms with Crippen LogP contribution in [0, 0.1) is 0 Å². The highest BCUT2D eigenvalue weighted by molar-refractivity contribution is 6.29. The van der Waals surface area contributed by atoms with Crippen LogP contribution in [-0.4, -0.2) is 15.7 Å². The summed E-state index contributed by atoms with van der Waals surface area (Å²) in [7, 11) is 0. The number of nitrogens with one attached hydrogen (secondary N) is 1. The first kappa shape index (κ1) is 9.71. The predicted molar refractivity (Wildman–Crippen MR) is 57.5 cm³/mol. The Morgan fingerprint density at radius 2 is 2.00 bits per heavy atom. The van der Waals surface area contributed by atoms with Crippen molar-refractivity contribution in [2.75, 3.05) is 5.32 Å². The van der Waals surface area contributed by atoms with Gasteiger partial charge in [-0.15, -0.1) is 10.2 Å². The molecule has 0 radical (unpaired) electrons. The average Bonchev–Trinajstić information content (AvgIpc) is 2.57. The minimum absolute atomic E-state index is 0.197. The molecule has 0 spiro atoms. The number of nitrogens with zero attached hydrogens (tertiary/aromatic N) is 2. The summed E-state index contributed by atoms with van der Waals surface area (Å²) in [6.07, 6.45) is 5.00. The Labute approximate surface area is 88.9 Å². The Morgan fingerprint density at radius 3 is 2.57 bits per heavy atom. The van der Waals surface area contributed by atoms with Gasteiger partial charge >= 0.3 is 0 Å². The van der Waals surface area contributed by atoms with E-state index in [-0.39, 0.29) is 5.54 Å². The van der Waals surface area contributed by atoms with Crippen LogP contribution in [0.15, 0.2) is 12.1 Å². The van der Waals surface area contributed by atoms with Gasteiger partial charge in [0.05, 0.1) is 0 Å². The van der Waals surface area contributed by atoms with Gasteiger partial charge in [-0.1, -0.05) is 24.4 Å². The summed E-state index contributed by atoms with van der Waals surface area (Å²) in [6.45, 7) is 2.23. The largest absolute Gasteiger partial charge is 0.363 e. The highest BCUT2D eigenvalue weighted by atomic mass is 35.5. The van der Waals surface area contributed by atoms with Gasteiger partial charge in [0.25, 0.3) is 0 Å². The predicted octanol–water partition coefficient (Wildman–Crippen LogP) is 2.87. The van der Waals surface area contributed by atoms with Crippen LogP contribution < -0.4 is 5.32 Å². The fraction of sp³-hybridized carbons (Fsp3) is 0.600. The molecule has 1 aromatic rings. The maximum atomic E-state index is 5.66. The average molecular weight is 212 g/mol. The van der Waals surface area contributed by atoms with Crippen molar-refractivity contribution >= 4 is 17.4 Å². The second-order valence-electron chi connectivity index (χ2n) is 4.13. The van der Waals surface area contributed by atoms with Crippen LogP contribution in [0.5, 0.6) is 0 Å². The van der Waals surface area contributed by atoms with Crippen molar-refractivity contribution in [1.29, 1.82) is 0 Å². The molecular weight excluding hydrogens is 198 g/mol. The zero-order valence-electron chi connectivity index (χ0n) is 8.26. The first-order valence-corrected chi connectivity index (χ1v) is 5.33. The Morgan fingerprint density at radius 1 is 1.29 bits per heavy atom. The van der Waals surface area contributed by atoms with Crippen molar-refractivity contribution in [3.8, 4) is 0 Å². The zero-order chi connectivity index (χ0) is 10.0. The van der Waals surface area contributed by atoms with E-state index in [9.17, 15) is 0 Å². The summed E-state index contributed by atoms with van der Waals surface area (Å²) in [6, 6.07) is 3.63. The van der Waals surface area contributed by atoms with E-state index in [0.717, 1.165) is 5.82 Å². The molecule has 76 valence electrons. The molecule has 1 saturated carbocycles. The summed E-state index contributed by atoms with van der Waals surface area (Å²) in [5, 5.41) is 11.6. The van der Waals surface area contributed by atoms with E-state index in [2.05, 4.69) is 22.4 Å². The number of rotatable bonds is 2. The van der Waals surface area contributed by atoms with Gasteiger partial charge in [-0.25, -0.2) is 0 Å². The van der Waals surface area contributed by atoms with Crippen molar-refractivity contribution in [2.45, 2.75) is 38.1 Å². The molecule has 3 nitrogen and oxygen atoms in total. The first-order chi connectivity index (χ1) is 6.68. The molecule has 0 atom stereocenters. The number of hydrogen-bond acceptors (Lipinski definition) is 3. The third-order valence-corrected chi connectivity index (χ3v) is 2.97. The van der Waals surface area contributed by atoms with Crippen molar-refractivity contribution < 1.29 is 0 Å². The zero-order valence-corrected chi connectivity index (χ0v) is 9.01. The fourth-order valence-corrected chi connectivity index (χ4v) is 2.07. The lowest BCUT2D eigenvalue weighted by atomic mass is 10.0. The molecule has 4 heteroatoms. The van der Waals surface area contributed by atoms with Gasteiger partial charge in [-0.2, -0.15) is 0 Å². The van der Waals surface area contributed by atoms with Crippen molar-refractivity contribution in [3.05, 3.63) is 17.3 Å². The van der Waals surface area contributed by atoms with Gasteiger partial charge in [0.1, 0.15) is 5.82 Å². The van der Waals surface area contributed by atoms with Gasteiger partial charge in [-0.3, -0.25) is 0 Å². The molecule has 1 aliphatic rings. The highest BCUT2D eigenvalue weighted by Gasteiger charge is 2.28. The van der Waals surface area contributed by atoms with Crippen LogP contribution in [-0.2, 0) is 0 Å². The van der Waals surface area contributed by atoms with Crippen LogP contribution in [0.25, 0.3) is 0 Å². The van der Waals surface area contributed by atoms with Gasteiger partial charge in [0.15, 0.2) is 5.15 Å². The molecule has 0 aromatic carbocycles. The number of aromatic nitrogens is 2. The second-order valence-corrected chi connectivity index (χ2v) is 4.52.